The van der Waals surface area contributed by atoms with Crippen molar-refractivity contribution < 1.29 is 14.3 Å². The molecule has 1 heterocycles. The van der Waals surface area contributed by atoms with Gasteiger partial charge in [0.05, 0.1) is 0 Å². The Kier molecular flexibility index (Phi) is 2.93. The molecule has 90 valence electrons. The predicted octanol–water partition coefficient (Wildman–Crippen LogP) is 0.0316. The molecule has 0 aromatic rings. The van der Waals surface area contributed by atoms with Crippen LogP contribution in [0.1, 0.15) is 20.8 Å². The topological polar surface area (TPSA) is 111 Å². The van der Waals surface area contributed by atoms with Crippen molar-refractivity contribution in [3.05, 3.63) is 12.3 Å². The smallest absolute Gasteiger partial charge is 0.422 e. The van der Waals surface area contributed by atoms with E-state index < -0.39 is 23.5 Å². The third kappa shape index (κ3) is 3.21. The van der Waals surface area contributed by atoms with E-state index in [1.807, 2.05) is 0 Å². The monoisotopic (exact) mass is 228 g/mol. The van der Waals surface area contributed by atoms with Gasteiger partial charge in [-0.2, -0.15) is 0 Å². The maximum absolute atomic E-state index is 11.5. The third-order valence-corrected chi connectivity index (χ3v) is 1.63. The maximum Gasteiger partial charge on any atom is 0.422 e. The Balaban J connectivity index is 2.76. The number of urea groups is 1. The summed E-state index contributed by atoms with van der Waals surface area (Å²) >= 11 is 0. The van der Waals surface area contributed by atoms with Crippen molar-refractivity contribution in [3.63, 3.8) is 0 Å². The minimum Gasteiger partial charge on any atom is -0.443 e. The molecule has 0 aromatic carbocycles. The molecular formula is C9H16N4O3. The third-order valence-electron chi connectivity index (χ3n) is 1.63. The van der Waals surface area contributed by atoms with Gasteiger partial charge in [0.2, 0.25) is 0 Å². The molecule has 3 amide bonds. The highest BCUT2D eigenvalue weighted by molar-refractivity contribution is 5.93. The van der Waals surface area contributed by atoms with Crippen molar-refractivity contribution in [2.24, 2.45) is 11.5 Å². The minimum atomic E-state index is -1.43. The van der Waals surface area contributed by atoms with Crippen LogP contribution in [0.15, 0.2) is 12.3 Å². The van der Waals surface area contributed by atoms with Crippen LogP contribution in [0.25, 0.3) is 0 Å². The molecule has 0 aromatic heterocycles. The average molecular weight is 228 g/mol. The molecule has 0 fully saturated rings. The molecule has 7 nitrogen and oxygen atoms in total. The number of carbonyl (C=O) groups is 2. The summed E-state index contributed by atoms with van der Waals surface area (Å²) in [5.41, 5.74) is 10.2. The fraction of sp³-hybridized carbons (Fsp3) is 0.556. The Morgan fingerprint density at radius 1 is 1.50 bits per heavy atom. The van der Waals surface area contributed by atoms with E-state index in [-0.39, 0.29) is 0 Å². The van der Waals surface area contributed by atoms with Crippen molar-refractivity contribution in [2.45, 2.75) is 32.2 Å². The van der Waals surface area contributed by atoms with Crippen LogP contribution in [0.2, 0.25) is 0 Å². The second-order valence-corrected chi connectivity index (χ2v) is 4.53. The number of nitrogens with two attached hydrogens (primary N) is 2. The first-order chi connectivity index (χ1) is 7.11. The second-order valence-electron chi connectivity index (χ2n) is 4.53. The van der Waals surface area contributed by atoms with Gasteiger partial charge in [-0.3, -0.25) is 11.5 Å². The molecule has 1 rings (SSSR count). The van der Waals surface area contributed by atoms with Crippen LogP contribution in [0, 0.1) is 0 Å². The lowest BCUT2D eigenvalue weighted by Crippen LogP contribution is -2.66. The fourth-order valence-corrected chi connectivity index (χ4v) is 1.01. The normalized spacial score (nSPS) is 19.3. The Morgan fingerprint density at radius 2 is 2.06 bits per heavy atom. The maximum atomic E-state index is 11.5. The van der Waals surface area contributed by atoms with E-state index in [9.17, 15) is 9.59 Å². The number of rotatable bonds is 0. The van der Waals surface area contributed by atoms with Gasteiger partial charge in [0.25, 0.3) is 0 Å². The Labute approximate surface area is 93.4 Å². The summed E-state index contributed by atoms with van der Waals surface area (Å²) in [7, 11) is 0. The Hall–Kier alpha value is -1.60. The van der Waals surface area contributed by atoms with E-state index in [0.29, 0.717) is 0 Å². The summed E-state index contributed by atoms with van der Waals surface area (Å²) in [6.07, 6.45) is 1.70. The van der Waals surface area contributed by atoms with Crippen molar-refractivity contribution in [3.8, 4) is 0 Å². The van der Waals surface area contributed by atoms with Crippen molar-refractivity contribution in [1.29, 1.82) is 0 Å². The molecule has 5 N–H and O–H groups in total. The number of hydrogen-bond donors (Lipinski definition) is 3. The van der Waals surface area contributed by atoms with Crippen LogP contribution in [0.5, 0.6) is 0 Å². The number of carbonyl (C=O) groups excluding carboxylic acids is 2. The zero-order chi connectivity index (χ0) is 12.6. The summed E-state index contributed by atoms with van der Waals surface area (Å²) < 4.78 is 5.01. The number of nitrogens with one attached hydrogen (secondary N) is 1. The quantitative estimate of drug-likeness (QED) is 0.506. The standard InChI is InChI=1S/C9H16N4O3/c1-8(2,3)16-7(15)13-5-4-9(10,11)12-6(13)14/h4-5H,10-11H2,1-3H3,(H,12,14). The fourth-order valence-electron chi connectivity index (χ4n) is 1.01. The van der Waals surface area contributed by atoms with Crippen LogP contribution in [0.4, 0.5) is 9.59 Å². The molecule has 1 aliphatic heterocycles. The van der Waals surface area contributed by atoms with Gasteiger partial charge in [0, 0.05) is 6.20 Å². The molecule has 1 aliphatic rings. The first kappa shape index (κ1) is 12.5. The van der Waals surface area contributed by atoms with Crippen LogP contribution in [-0.2, 0) is 4.74 Å². The largest absolute Gasteiger partial charge is 0.443 e. The molecule has 0 aliphatic carbocycles. The number of nitrogens with zero attached hydrogens (tertiary/aromatic N) is 1. The lowest BCUT2D eigenvalue weighted by atomic mass is 10.2. The summed E-state index contributed by atoms with van der Waals surface area (Å²) in [6.45, 7) is 5.10. The molecule has 16 heavy (non-hydrogen) atoms. The number of amides is 3. The van der Waals surface area contributed by atoms with Crippen LogP contribution in [-0.4, -0.2) is 28.4 Å². The molecule has 0 saturated carbocycles. The number of hydrogen-bond acceptors (Lipinski definition) is 5. The van der Waals surface area contributed by atoms with Gasteiger partial charge < -0.3 is 10.1 Å². The van der Waals surface area contributed by atoms with Crippen LogP contribution in [0.3, 0.4) is 0 Å². The summed E-state index contributed by atoms with van der Waals surface area (Å²) in [5, 5.41) is 2.23. The van der Waals surface area contributed by atoms with Crippen LogP contribution < -0.4 is 16.8 Å². The Bertz CT molecular complexity index is 343. The highest BCUT2D eigenvalue weighted by Crippen LogP contribution is 2.12. The number of imide groups is 1. The highest BCUT2D eigenvalue weighted by atomic mass is 16.6. The van der Waals surface area contributed by atoms with Gasteiger partial charge in [-0.25, -0.2) is 14.5 Å². The van der Waals surface area contributed by atoms with E-state index in [1.54, 1.807) is 20.8 Å². The summed E-state index contributed by atoms with van der Waals surface area (Å²) in [4.78, 5) is 23.8. The molecule has 0 bridgehead atoms. The molecule has 0 unspecified atom stereocenters. The number of ether oxygens (including phenoxy) is 1. The molecule has 7 heteroatoms. The second kappa shape index (κ2) is 3.76. The van der Waals surface area contributed by atoms with E-state index in [2.05, 4.69) is 5.32 Å². The molecule has 0 atom stereocenters. The summed E-state index contributed by atoms with van der Waals surface area (Å²) in [6, 6.07) is -0.721. The first-order valence-corrected chi connectivity index (χ1v) is 4.72. The minimum absolute atomic E-state index is 0.675. The van der Waals surface area contributed by atoms with Gasteiger partial charge in [-0.05, 0) is 26.8 Å². The van der Waals surface area contributed by atoms with Crippen molar-refractivity contribution in [1.82, 2.24) is 10.2 Å². The Morgan fingerprint density at radius 3 is 2.50 bits per heavy atom. The molecule has 0 saturated heterocycles. The lowest BCUT2D eigenvalue weighted by Gasteiger charge is -2.31. The molecular weight excluding hydrogens is 212 g/mol. The van der Waals surface area contributed by atoms with Crippen LogP contribution >= 0.6 is 0 Å². The zero-order valence-electron chi connectivity index (χ0n) is 9.48. The molecule has 0 spiro atoms. The van der Waals surface area contributed by atoms with E-state index in [1.165, 1.54) is 12.3 Å². The zero-order valence-corrected chi connectivity index (χ0v) is 9.48. The molecule has 0 radical (unpaired) electrons. The van der Waals surface area contributed by atoms with Gasteiger partial charge in [0.15, 0.2) is 5.79 Å². The van der Waals surface area contributed by atoms with E-state index in [0.717, 1.165) is 4.90 Å². The van der Waals surface area contributed by atoms with E-state index in [4.69, 9.17) is 16.2 Å². The van der Waals surface area contributed by atoms with E-state index >= 15 is 0 Å². The first-order valence-electron chi connectivity index (χ1n) is 4.72. The van der Waals surface area contributed by atoms with Gasteiger partial charge in [0.1, 0.15) is 5.60 Å². The van der Waals surface area contributed by atoms with Gasteiger partial charge in [-0.1, -0.05) is 0 Å². The van der Waals surface area contributed by atoms with Gasteiger partial charge >= 0.3 is 12.1 Å². The van der Waals surface area contributed by atoms with Gasteiger partial charge in [-0.15, -0.1) is 0 Å². The SMILES string of the molecule is CC(C)(C)OC(=O)N1C=CC(N)(N)NC1=O. The van der Waals surface area contributed by atoms with Crippen molar-refractivity contribution >= 4 is 12.1 Å². The summed E-state index contributed by atoms with van der Waals surface area (Å²) in [5.74, 6) is -1.43. The highest BCUT2D eigenvalue weighted by Gasteiger charge is 2.32. The lowest BCUT2D eigenvalue weighted by molar-refractivity contribution is 0.0376. The van der Waals surface area contributed by atoms with Crippen molar-refractivity contribution in [2.75, 3.05) is 0 Å². The average Bonchev–Trinajstić information content (AvgIpc) is 1.97. The predicted molar refractivity (Wildman–Crippen MR) is 56.9 cm³/mol.